The van der Waals surface area contributed by atoms with Crippen molar-refractivity contribution in [2.45, 2.75) is 13.0 Å². The van der Waals surface area contributed by atoms with Gasteiger partial charge in [0.2, 0.25) is 0 Å². The maximum absolute atomic E-state index is 6.12. The summed E-state index contributed by atoms with van der Waals surface area (Å²) in [6.07, 6.45) is 0.0109. The SMILES string of the molecule is Cc1ccc(C(OCCN(C)C)c2ccccc2)cc1.Cl. The number of likely N-dealkylation sites (N-methyl/N-ethyl adjacent to an activating group) is 1. The third-order valence-corrected chi connectivity index (χ3v) is 3.31. The van der Waals surface area contributed by atoms with Crippen LogP contribution in [0.2, 0.25) is 0 Å². The van der Waals surface area contributed by atoms with Gasteiger partial charge in [-0.1, -0.05) is 60.2 Å². The van der Waals surface area contributed by atoms with Crippen molar-refractivity contribution < 1.29 is 4.74 Å². The molecule has 0 N–H and O–H groups in total. The molecule has 3 heteroatoms. The minimum Gasteiger partial charge on any atom is -0.367 e. The van der Waals surface area contributed by atoms with Gasteiger partial charge < -0.3 is 9.64 Å². The van der Waals surface area contributed by atoms with Gasteiger partial charge in [0.1, 0.15) is 6.10 Å². The second kappa shape index (κ2) is 8.83. The molecule has 0 amide bonds. The van der Waals surface area contributed by atoms with Gasteiger partial charge in [-0.05, 0) is 32.1 Å². The number of halogens is 1. The van der Waals surface area contributed by atoms with E-state index < -0.39 is 0 Å². The maximum Gasteiger partial charge on any atom is 0.108 e. The summed E-state index contributed by atoms with van der Waals surface area (Å²) in [6, 6.07) is 19.0. The fourth-order valence-corrected chi connectivity index (χ4v) is 2.11. The van der Waals surface area contributed by atoms with Gasteiger partial charge in [0, 0.05) is 6.54 Å². The lowest BCUT2D eigenvalue weighted by molar-refractivity contribution is 0.0687. The lowest BCUT2D eigenvalue weighted by atomic mass is 10.0. The molecule has 0 aliphatic heterocycles. The van der Waals surface area contributed by atoms with E-state index in [0.29, 0.717) is 0 Å². The lowest BCUT2D eigenvalue weighted by Crippen LogP contribution is -2.20. The molecule has 1 unspecified atom stereocenters. The van der Waals surface area contributed by atoms with Crippen LogP contribution in [0.25, 0.3) is 0 Å². The van der Waals surface area contributed by atoms with E-state index in [1.54, 1.807) is 0 Å². The van der Waals surface area contributed by atoms with E-state index in [2.05, 4.69) is 74.4 Å². The lowest BCUT2D eigenvalue weighted by Gasteiger charge is -2.20. The van der Waals surface area contributed by atoms with Gasteiger partial charge in [-0.15, -0.1) is 12.4 Å². The Balaban J connectivity index is 0.00000220. The van der Waals surface area contributed by atoms with Gasteiger partial charge in [-0.2, -0.15) is 0 Å². The minimum atomic E-state index is 0. The predicted molar refractivity (Wildman–Crippen MR) is 91.2 cm³/mol. The molecular formula is C18H24ClNO. The monoisotopic (exact) mass is 305 g/mol. The predicted octanol–water partition coefficient (Wildman–Crippen LogP) is 4.08. The Bertz CT molecular complexity index is 511. The van der Waals surface area contributed by atoms with Crippen molar-refractivity contribution in [3.8, 4) is 0 Å². The average molecular weight is 306 g/mol. The number of hydrogen-bond donors (Lipinski definition) is 0. The standard InChI is InChI=1S/C18H23NO.ClH/c1-15-9-11-17(12-10-15)18(20-14-13-19(2)3)16-7-5-4-6-8-16;/h4-12,18H,13-14H2,1-3H3;1H. The quantitative estimate of drug-likeness (QED) is 0.797. The van der Waals surface area contributed by atoms with Crippen molar-refractivity contribution in [1.82, 2.24) is 4.90 Å². The van der Waals surface area contributed by atoms with Crippen LogP contribution in [0.5, 0.6) is 0 Å². The van der Waals surface area contributed by atoms with Crippen LogP contribution in [0.3, 0.4) is 0 Å². The first kappa shape index (κ1) is 17.7. The number of aryl methyl sites for hydroxylation is 1. The number of rotatable bonds is 6. The fraction of sp³-hybridized carbons (Fsp3) is 0.333. The summed E-state index contributed by atoms with van der Waals surface area (Å²) in [6.45, 7) is 3.75. The van der Waals surface area contributed by atoms with Crippen LogP contribution in [-0.4, -0.2) is 32.1 Å². The van der Waals surface area contributed by atoms with Gasteiger partial charge in [0.15, 0.2) is 0 Å². The Labute approximate surface area is 134 Å². The van der Waals surface area contributed by atoms with Crippen molar-refractivity contribution in [2.24, 2.45) is 0 Å². The van der Waals surface area contributed by atoms with Gasteiger partial charge >= 0.3 is 0 Å². The van der Waals surface area contributed by atoms with E-state index in [9.17, 15) is 0 Å². The molecular weight excluding hydrogens is 282 g/mol. The Hall–Kier alpha value is -1.35. The summed E-state index contributed by atoms with van der Waals surface area (Å²) in [5.74, 6) is 0. The molecule has 1 atom stereocenters. The summed E-state index contributed by atoms with van der Waals surface area (Å²) >= 11 is 0. The second-order valence-corrected chi connectivity index (χ2v) is 5.38. The molecule has 0 fully saturated rings. The molecule has 2 aromatic carbocycles. The highest BCUT2D eigenvalue weighted by Gasteiger charge is 2.14. The maximum atomic E-state index is 6.12. The van der Waals surface area contributed by atoms with Crippen LogP contribution in [0, 0.1) is 6.92 Å². The third kappa shape index (κ3) is 5.50. The molecule has 0 aliphatic carbocycles. The zero-order valence-corrected chi connectivity index (χ0v) is 13.8. The van der Waals surface area contributed by atoms with Crippen molar-refractivity contribution in [1.29, 1.82) is 0 Å². The van der Waals surface area contributed by atoms with E-state index in [-0.39, 0.29) is 18.5 Å². The number of ether oxygens (including phenoxy) is 1. The first-order valence-electron chi connectivity index (χ1n) is 7.04. The van der Waals surface area contributed by atoms with Crippen molar-refractivity contribution in [2.75, 3.05) is 27.2 Å². The van der Waals surface area contributed by atoms with Crippen molar-refractivity contribution in [3.05, 3.63) is 71.3 Å². The van der Waals surface area contributed by atoms with Crippen LogP contribution >= 0.6 is 12.4 Å². The fourth-order valence-electron chi connectivity index (χ4n) is 2.11. The molecule has 0 radical (unpaired) electrons. The summed E-state index contributed by atoms with van der Waals surface area (Å²) in [5.41, 5.74) is 3.68. The molecule has 21 heavy (non-hydrogen) atoms. The Morgan fingerprint density at radius 3 is 2.05 bits per heavy atom. The summed E-state index contributed by atoms with van der Waals surface area (Å²) in [7, 11) is 4.12. The van der Waals surface area contributed by atoms with Gasteiger partial charge in [0.05, 0.1) is 6.61 Å². The normalized spacial score (nSPS) is 12.0. The molecule has 0 aliphatic rings. The van der Waals surface area contributed by atoms with Crippen LogP contribution in [0.4, 0.5) is 0 Å². The second-order valence-electron chi connectivity index (χ2n) is 5.38. The summed E-state index contributed by atoms with van der Waals surface area (Å²) in [5, 5.41) is 0. The summed E-state index contributed by atoms with van der Waals surface area (Å²) < 4.78 is 6.12. The van der Waals surface area contributed by atoms with E-state index in [1.807, 2.05) is 6.07 Å². The smallest absolute Gasteiger partial charge is 0.108 e. The third-order valence-electron chi connectivity index (χ3n) is 3.31. The van der Waals surface area contributed by atoms with E-state index in [1.165, 1.54) is 16.7 Å². The molecule has 2 rings (SSSR count). The summed E-state index contributed by atoms with van der Waals surface area (Å²) in [4.78, 5) is 2.14. The molecule has 0 aromatic heterocycles. The number of nitrogens with zero attached hydrogens (tertiary/aromatic N) is 1. The van der Waals surface area contributed by atoms with Crippen molar-refractivity contribution >= 4 is 12.4 Å². The molecule has 2 aromatic rings. The zero-order valence-electron chi connectivity index (χ0n) is 13.0. The van der Waals surface area contributed by atoms with Gasteiger partial charge in [-0.3, -0.25) is 0 Å². The molecule has 0 bridgehead atoms. The highest BCUT2D eigenvalue weighted by Crippen LogP contribution is 2.26. The largest absolute Gasteiger partial charge is 0.367 e. The van der Waals surface area contributed by atoms with Crippen LogP contribution in [-0.2, 0) is 4.74 Å². The van der Waals surface area contributed by atoms with Crippen LogP contribution < -0.4 is 0 Å². The highest BCUT2D eigenvalue weighted by atomic mass is 35.5. The highest BCUT2D eigenvalue weighted by molar-refractivity contribution is 5.85. The van der Waals surface area contributed by atoms with E-state index >= 15 is 0 Å². The molecule has 0 saturated heterocycles. The molecule has 2 nitrogen and oxygen atoms in total. The number of hydrogen-bond acceptors (Lipinski definition) is 2. The van der Waals surface area contributed by atoms with Gasteiger partial charge in [0.25, 0.3) is 0 Å². The minimum absolute atomic E-state index is 0. The van der Waals surface area contributed by atoms with Crippen LogP contribution in [0.15, 0.2) is 54.6 Å². The first-order valence-corrected chi connectivity index (χ1v) is 7.04. The Kier molecular flexibility index (Phi) is 7.44. The molecule has 0 heterocycles. The zero-order chi connectivity index (χ0) is 14.4. The van der Waals surface area contributed by atoms with Crippen LogP contribution in [0.1, 0.15) is 22.8 Å². The molecule has 0 spiro atoms. The molecule has 114 valence electrons. The van der Waals surface area contributed by atoms with E-state index in [0.717, 1.165) is 13.2 Å². The average Bonchev–Trinajstić information content (AvgIpc) is 2.46. The van der Waals surface area contributed by atoms with Gasteiger partial charge in [-0.25, -0.2) is 0 Å². The topological polar surface area (TPSA) is 12.5 Å². The Morgan fingerprint density at radius 1 is 0.905 bits per heavy atom. The van der Waals surface area contributed by atoms with E-state index in [4.69, 9.17) is 4.74 Å². The Morgan fingerprint density at radius 2 is 1.48 bits per heavy atom. The number of benzene rings is 2. The van der Waals surface area contributed by atoms with Crippen molar-refractivity contribution in [3.63, 3.8) is 0 Å². The first-order chi connectivity index (χ1) is 9.66. The molecule has 0 saturated carbocycles.